The van der Waals surface area contributed by atoms with Crippen molar-refractivity contribution in [1.82, 2.24) is 9.78 Å². The standard InChI is InChI=1S/C21H26ClN5O/c22-19-7-15(9-23)20(25-17-10-24-27(11-17)18-1-2-18)8-21(19)26-5-3-14(4-6-26)16-12-28-13-16/h7-11,14,16,18,23,25H,1-6,12-13H2. The molecule has 28 heavy (non-hydrogen) atoms. The number of hydrogen-bond acceptors (Lipinski definition) is 5. The fourth-order valence-corrected chi connectivity index (χ4v) is 4.57. The fraction of sp³-hybridized carbons (Fsp3) is 0.524. The Labute approximate surface area is 170 Å². The van der Waals surface area contributed by atoms with Crippen LogP contribution in [0.2, 0.25) is 5.02 Å². The molecule has 0 atom stereocenters. The first-order chi connectivity index (χ1) is 13.7. The van der Waals surface area contributed by atoms with Gasteiger partial charge in [0.25, 0.3) is 0 Å². The lowest BCUT2D eigenvalue weighted by molar-refractivity contribution is -0.0650. The van der Waals surface area contributed by atoms with Crippen molar-refractivity contribution in [2.75, 3.05) is 36.5 Å². The molecule has 0 spiro atoms. The third-order valence-corrected chi connectivity index (χ3v) is 6.59. The van der Waals surface area contributed by atoms with E-state index < -0.39 is 0 Å². The molecule has 7 heteroatoms. The predicted octanol–water partition coefficient (Wildman–Crippen LogP) is 4.48. The summed E-state index contributed by atoms with van der Waals surface area (Å²) in [4.78, 5) is 2.38. The van der Waals surface area contributed by atoms with E-state index in [9.17, 15) is 0 Å². The number of nitrogens with zero attached hydrogens (tertiary/aromatic N) is 3. The molecule has 1 aliphatic carbocycles. The summed E-state index contributed by atoms with van der Waals surface area (Å²) in [5, 5.41) is 16.4. The number of nitrogens with one attached hydrogen (secondary N) is 2. The Hall–Kier alpha value is -2.05. The Balaban J connectivity index is 1.34. The Morgan fingerprint density at radius 1 is 1.14 bits per heavy atom. The number of benzene rings is 1. The largest absolute Gasteiger partial charge is 0.381 e. The molecule has 1 aromatic heterocycles. The van der Waals surface area contributed by atoms with Gasteiger partial charge in [-0.2, -0.15) is 5.10 Å². The van der Waals surface area contributed by atoms with Crippen molar-refractivity contribution >= 4 is 34.9 Å². The third-order valence-electron chi connectivity index (χ3n) is 6.29. The van der Waals surface area contributed by atoms with Crippen LogP contribution in [0.25, 0.3) is 0 Å². The van der Waals surface area contributed by atoms with Gasteiger partial charge < -0.3 is 20.4 Å². The Morgan fingerprint density at radius 3 is 2.57 bits per heavy atom. The van der Waals surface area contributed by atoms with Crippen LogP contribution in [0.5, 0.6) is 0 Å². The lowest BCUT2D eigenvalue weighted by Crippen LogP contribution is -2.42. The molecule has 148 valence electrons. The first-order valence-electron chi connectivity index (χ1n) is 10.2. The molecule has 2 aliphatic heterocycles. The van der Waals surface area contributed by atoms with Crippen LogP contribution in [0.3, 0.4) is 0 Å². The minimum atomic E-state index is 0.556. The summed E-state index contributed by atoms with van der Waals surface area (Å²) in [6.07, 6.45) is 10.0. The van der Waals surface area contributed by atoms with E-state index in [2.05, 4.69) is 21.4 Å². The van der Waals surface area contributed by atoms with Crippen molar-refractivity contribution < 1.29 is 4.74 Å². The van der Waals surface area contributed by atoms with E-state index in [0.717, 1.165) is 60.8 Å². The van der Waals surface area contributed by atoms with E-state index in [1.165, 1.54) is 31.9 Å². The van der Waals surface area contributed by atoms with Crippen molar-refractivity contribution in [2.45, 2.75) is 31.7 Å². The van der Waals surface area contributed by atoms with Crippen LogP contribution in [0, 0.1) is 17.2 Å². The van der Waals surface area contributed by atoms with Crippen LogP contribution >= 0.6 is 11.6 Å². The lowest BCUT2D eigenvalue weighted by Gasteiger charge is -2.40. The maximum absolute atomic E-state index is 7.78. The molecule has 1 aromatic carbocycles. The van der Waals surface area contributed by atoms with Crippen molar-refractivity contribution in [3.05, 3.63) is 35.1 Å². The summed E-state index contributed by atoms with van der Waals surface area (Å²) >= 11 is 6.60. The number of piperidine rings is 1. The number of aromatic nitrogens is 2. The minimum Gasteiger partial charge on any atom is -0.381 e. The number of ether oxygens (including phenoxy) is 1. The minimum absolute atomic E-state index is 0.556. The van der Waals surface area contributed by atoms with Gasteiger partial charge in [0.15, 0.2) is 0 Å². The van der Waals surface area contributed by atoms with Crippen molar-refractivity contribution in [2.24, 2.45) is 11.8 Å². The Bertz CT molecular complexity index is 866. The number of halogens is 1. The van der Waals surface area contributed by atoms with Crippen LogP contribution in [0.15, 0.2) is 24.5 Å². The molecule has 2 saturated heterocycles. The summed E-state index contributed by atoms with van der Waals surface area (Å²) < 4.78 is 7.39. The van der Waals surface area contributed by atoms with E-state index in [-0.39, 0.29) is 0 Å². The van der Waals surface area contributed by atoms with Crippen molar-refractivity contribution in [1.29, 1.82) is 5.41 Å². The molecule has 3 fully saturated rings. The molecular weight excluding hydrogens is 374 g/mol. The number of hydrogen-bond donors (Lipinski definition) is 2. The topological polar surface area (TPSA) is 66.2 Å². The van der Waals surface area contributed by atoms with E-state index >= 15 is 0 Å². The van der Waals surface area contributed by atoms with Gasteiger partial charge >= 0.3 is 0 Å². The van der Waals surface area contributed by atoms with E-state index in [1.54, 1.807) is 0 Å². The monoisotopic (exact) mass is 399 g/mol. The van der Waals surface area contributed by atoms with Crippen LogP contribution in [0.1, 0.15) is 37.3 Å². The highest BCUT2D eigenvalue weighted by atomic mass is 35.5. The van der Waals surface area contributed by atoms with Crippen LogP contribution in [0.4, 0.5) is 17.1 Å². The third kappa shape index (κ3) is 3.51. The van der Waals surface area contributed by atoms with Gasteiger partial charge in [-0.1, -0.05) is 11.6 Å². The molecular formula is C21H26ClN5O. The molecule has 3 aliphatic rings. The lowest BCUT2D eigenvalue weighted by atomic mass is 9.83. The second-order valence-corrected chi connectivity index (χ2v) is 8.63. The van der Waals surface area contributed by atoms with Gasteiger partial charge in [-0.15, -0.1) is 0 Å². The maximum Gasteiger partial charge on any atom is 0.0770 e. The summed E-state index contributed by atoms with van der Waals surface area (Å²) in [6, 6.07) is 4.54. The number of rotatable bonds is 6. The zero-order valence-corrected chi connectivity index (χ0v) is 16.7. The van der Waals surface area contributed by atoms with Crippen molar-refractivity contribution in [3.8, 4) is 0 Å². The van der Waals surface area contributed by atoms with Gasteiger partial charge in [-0.05, 0) is 43.7 Å². The molecule has 6 nitrogen and oxygen atoms in total. The van der Waals surface area contributed by atoms with Crippen LogP contribution < -0.4 is 10.2 Å². The quantitative estimate of drug-likeness (QED) is 0.703. The average Bonchev–Trinajstić information content (AvgIpc) is 3.41. The molecule has 2 aromatic rings. The second kappa shape index (κ2) is 7.41. The normalized spacial score (nSPS) is 20.8. The highest BCUT2D eigenvalue weighted by Crippen LogP contribution is 2.38. The molecule has 0 radical (unpaired) electrons. The summed E-state index contributed by atoms with van der Waals surface area (Å²) in [6.45, 7) is 3.90. The molecule has 0 unspecified atom stereocenters. The van der Waals surface area contributed by atoms with Gasteiger partial charge in [-0.25, -0.2) is 0 Å². The molecule has 5 rings (SSSR count). The van der Waals surface area contributed by atoms with E-state index in [1.807, 2.05) is 23.1 Å². The second-order valence-electron chi connectivity index (χ2n) is 8.22. The zero-order chi connectivity index (χ0) is 19.1. The summed E-state index contributed by atoms with van der Waals surface area (Å²) in [5.74, 6) is 1.52. The SMILES string of the molecule is N=Cc1cc(Cl)c(N2CCC(C3COC3)CC2)cc1Nc1cnn(C2CC2)c1. The van der Waals surface area contributed by atoms with Gasteiger partial charge in [0.05, 0.1) is 41.8 Å². The Morgan fingerprint density at radius 2 is 1.93 bits per heavy atom. The van der Waals surface area contributed by atoms with Crippen LogP contribution in [-0.4, -0.2) is 42.3 Å². The smallest absolute Gasteiger partial charge is 0.0770 e. The summed E-state index contributed by atoms with van der Waals surface area (Å²) in [5.41, 5.74) is 3.69. The van der Waals surface area contributed by atoms with Gasteiger partial charge in [0.2, 0.25) is 0 Å². The Kier molecular flexibility index (Phi) is 4.77. The maximum atomic E-state index is 7.78. The van der Waals surface area contributed by atoms with E-state index in [4.69, 9.17) is 21.7 Å². The van der Waals surface area contributed by atoms with E-state index in [0.29, 0.717) is 11.1 Å². The molecule has 0 bridgehead atoms. The van der Waals surface area contributed by atoms with Gasteiger partial charge in [0, 0.05) is 42.7 Å². The highest BCUT2D eigenvalue weighted by molar-refractivity contribution is 6.33. The molecule has 3 heterocycles. The van der Waals surface area contributed by atoms with Crippen LogP contribution in [-0.2, 0) is 4.74 Å². The molecule has 2 N–H and O–H groups in total. The average molecular weight is 400 g/mol. The number of anilines is 3. The first kappa shape index (κ1) is 18.0. The summed E-state index contributed by atoms with van der Waals surface area (Å²) in [7, 11) is 0. The molecule has 1 saturated carbocycles. The predicted molar refractivity (Wildman–Crippen MR) is 112 cm³/mol. The molecule has 0 amide bonds. The van der Waals surface area contributed by atoms with Crippen molar-refractivity contribution in [3.63, 3.8) is 0 Å². The van der Waals surface area contributed by atoms with Gasteiger partial charge in [0.1, 0.15) is 0 Å². The zero-order valence-electron chi connectivity index (χ0n) is 15.9. The highest BCUT2D eigenvalue weighted by Gasteiger charge is 2.32. The van der Waals surface area contributed by atoms with Gasteiger partial charge in [-0.3, -0.25) is 4.68 Å². The fourth-order valence-electron chi connectivity index (χ4n) is 4.28. The first-order valence-corrected chi connectivity index (χ1v) is 10.6.